The van der Waals surface area contributed by atoms with Crippen LogP contribution in [0.3, 0.4) is 0 Å². The molecule has 620 valence electrons. The normalized spacial score (nSPS) is 15.3. The van der Waals surface area contributed by atoms with Crippen molar-refractivity contribution in [1.82, 2.24) is 48.2 Å². The number of hydrogen-bond donors (Lipinski definition) is 3. The van der Waals surface area contributed by atoms with Gasteiger partial charge in [0.1, 0.15) is 24.8 Å². The first-order chi connectivity index (χ1) is 57.0. The van der Waals surface area contributed by atoms with Crippen molar-refractivity contribution in [2.45, 2.75) is 32.6 Å². The van der Waals surface area contributed by atoms with E-state index in [1.165, 1.54) is 56.6 Å². The van der Waals surface area contributed by atoms with Crippen LogP contribution in [0.1, 0.15) is 60.1 Å². The Morgan fingerprint density at radius 3 is 1.27 bits per heavy atom. The lowest BCUT2D eigenvalue weighted by Crippen LogP contribution is -2.37. The molecule has 118 heavy (non-hydrogen) atoms. The van der Waals surface area contributed by atoms with E-state index in [1.807, 2.05) is 77.7 Å². The number of aromatic hydroxyl groups is 1. The minimum atomic E-state index is -0.800. The van der Waals surface area contributed by atoms with Gasteiger partial charge in [0.05, 0.1) is 86.8 Å². The van der Waals surface area contributed by atoms with E-state index in [-0.39, 0.29) is 95.7 Å². The first kappa shape index (κ1) is 84.7. The number of benzene rings is 4. The lowest BCUT2D eigenvalue weighted by molar-refractivity contribution is 0.0579. The van der Waals surface area contributed by atoms with Crippen LogP contribution in [0.15, 0.2) is 165 Å². The number of morpholine rings is 3. The zero-order valence-corrected chi connectivity index (χ0v) is 67.2. The van der Waals surface area contributed by atoms with Crippen molar-refractivity contribution in [3.05, 3.63) is 232 Å². The van der Waals surface area contributed by atoms with Crippen molar-refractivity contribution in [1.29, 1.82) is 0 Å². The second-order valence-electron chi connectivity index (χ2n) is 27.7. The second-order valence-corrected chi connectivity index (χ2v) is 28.5. The smallest absolute Gasteiger partial charge is 0.360 e. The number of nitrogens with two attached hydrogens (primary N) is 1. The SMILES string of the molecule is CN1CCN(c2cc(N3CCOCC3)cn3c(=O)c(O)c(C(=O)CCc4ccc(F)cc4)nc23)C1=O.CN1CCNC1=O.COC(=O)c1nc2c(Br)cc(N3CCOCC3)cn2c(=O)c1OCc1ccccc1.COC(=O)c1nc2c(N3CCN(C)C3=O)cc(N3CCOCC3)cn2c(=O)c1OCc1ccccc1.NCc1ccc(F)cc1. The molecule has 0 saturated carbocycles. The molecule has 10 aromatic rings. The number of Topliss-reactive ketones (excluding diaryl/α,β-unsaturated/α-hetero) is 1. The van der Waals surface area contributed by atoms with Crippen LogP contribution in [0.2, 0.25) is 0 Å². The highest BCUT2D eigenvalue weighted by Crippen LogP contribution is 2.34. The number of methoxy groups -OCH3 is 2. The minimum absolute atomic E-state index is 0.0334. The summed E-state index contributed by atoms with van der Waals surface area (Å²) in [6, 6.07) is 35.7. The fourth-order valence-corrected chi connectivity index (χ4v) is 13.8. The van der Waals surface area contributed by atoms with Crippen molar-refractivity contribution in [3.63, 3.8) is 0 Å². The number of likely N-dealkylation sites (N-methyl/N-ethyl adjacent to an activating group) is 3. The number of nitrogens with one attached hydrogen (secondary N) is 1. The van der Waals surface area contributed by atoms with E-state index in [0.717, 1.165) is 59.8 Å². The van der Waals surface area contributed by atoms with Gasteiger partial charge in [0, 0.05) is 131 Å². The highest BCUT2D eigenvalue weighted by molar-refractivity contribution is 9.10. The average molecular weight is 1690 g/mol. The van der Waals surface area contributed by atoms with Crippen LogP contribution < -0.4 is 61.7 Å². The van der Waals surface area contributed by atoms with Gasteiger partial charge in [-0.05, 0) is 87.1 Å². The topological polar surface area (TPSA) is 354 Å². The maximum Gasteiger partial charge on any atom is 0.360 e. The summed E-state index contributed by atoms with van der Waals surface area (Å²) >= 11 is 3.48. The van der Waals surface area contributed by atoms with E-state index in [1.54, 1.807) is 89.7 Å². The third-order valence-corrected chi connectivity index (χ3v) is 20.5. The Balaban J connectivity index is 0.000000148. The summed E-state index contributed by atoms with van der Waals surface area (Å²) in [4.78, 5) is 142. The van der Waals surface area contributed by atoms with Gasteiger partial charge in [-0.15, -0.1) is 0 Å². The standard InChI is InChI=1S/C25H26FN5O5.C25H27N5O6.C21H20BrN3O5.C7H8FN.C4H8N2O/c1-28-8-9-30(25(28)35)19-14-18(29-10-12-36-13-11-29)15-31-23(19)27-21(22(33)24(31)34)20(32)7-4-16-2-5-17(26)6-3-16;1-27-8-9-29(25(27)33)19-14-18(28-10-12-35-13-11-28)15-30-22(19)26-20(24(32)34-2)21(23(30)31)36-16-17-6-4-3-5-7-17;1-28-21(27)17-18(30-13-14-5-3-2-4-6-14)20(26)25-12-15(11-16(22)19(25)23-17)24-7-9-29-10-8-24;8-7-3-1-6(5-9)2-4-7;1-6-3-2-5-4(6)7/h2-3,5-6,14-15,33H,4,7-13H2,1H3;3-7,14-15H,8-13,16H2,1-2H3;2-6,11-12H,7-10,13H2,1H3;1-4H,5,9H2;2-3H2,1H3,(H,5,7). The van der Waals surface area contributed by atoms with E-state index >= 15 is 0 Å². The van der Waals surface area contributed by atoms with E-state index in [9.17, 15) is 57.0 Å². The summed E-state index contributed by atoms with van der Waals surface area (Å²) in [6.07, 6.45) is 5.19. The van der Waals surface area contributed by atoms with Crippen LogP contribution in [0.5, 0.6) is 17.2 Å². The third kappa shape index (κ3) is 20.1. The van der Waals surface area contributed by atoms with Crippen molar-refractivity contribution in [2.75, 3.05) is 178 Å². The zero-order valence-electron chi connectivity index (χ0n) is 65.6. The molecule has 6 saturated heterocycles. The lowest BCUT2D eigenvalue weighted by Gasteiger charge is -2.30. The van der Waals surface area contributed by atoms with E-state index in [2.05, 4.69) is 46.0 Å². The largest absolute Gasteiger partial charge is 0.501 e. The highest BCUT2D eigenvalue weighted by Gasteiger charge is 2.35. The molecule has 6 amide bonds. The summed E-state index contributed by atoms with van der Waals surface area (Å²) in [5.41, 5.74) is 9.78. The molecule has 4 N–H and O–H groups in total. The molecule has 6 aliphatic heterocycles. The zero-order chi connectivity index (χ0) is 83.7. The van der Waals surface area contributed by atoms with Gasteiger partial charge >= 0.3 is 46.7 Å². The predicted molar refractivity (Wildman–Crippen MR) is 437 cm³/mol. The van der Waals surface area contributed by atoms with Gasteiger partial charge in [0.15, 0.2) is 39.8 Å². The molecule has 0 atom stereocenters. The molecule has 0 radical (unpaired) electrons. The van der Waals surface area contributed by atoms with Gasteiger partial charge in [0.2, 0.25) is 17.2 Å². The number of ketones is 1. The van der Waals surface area contributed by atoms with Crippen LogP contribution in [0, 0.1) is 11.6 Å². The molecule has 6 aromatic heterocycles. The number of pyridine rings is 3. The first-order valence-electron chi connectivity index (χ1n) is 37.9. The van der Waals surface area contributed by atoms with Gasteiger partial charge in [0.25, 0.3) is 0 Å². The number of urea groups is 3. The predicted octanol–water partition coefficient (Wildman–Crippen LogP) is 7.42. The quantitative estimate of drug-likeness (QED) is 0.0555. The molecule has 6 fully saturated rings. The number of anilines is 5. The summed E-state index contributed by atoms with van der Waals surface area (Å²) in [7, 11) is 7.64. The van der Waals surface area contributed by atoms with Crippen LogP contribution in [-0.2, 0) is 49.9 Å². The minimum Gasteiger partial charge on any atom is -0.501 e. The number of amides is 6. The average Bonchev–Trinajstić information content (AvgIpc) is 1.14. The number of ether oxygens (including phenoxy) is 7. The summed E-state index contributed by atoms with van der Waals surface area (Å²) in [6.45, 7) is 11.5. The molecule has 0 unspecified atom stereocenters. The van der Waals surface area contributed by atoms with Gasteiger partial charge in [-0.1, -0.05) is 84.9 Å². The number of aromatic nitrogens is 6. The molecular weight excluding hydrogens is 1600 g/mol. The first-order valence-corrected chi connectivity index (χ1v) is 38.7. The third-order valence-electron chi connectivity index (χ3n) is 19.9. The maximum absolute atomic E-state index is 13.8. The van der Waals surface area contributed by atoms with Crippen molar-refractivity contribution < 1.29 is 75.8 Å². The molecule has 0 aliphatic carbocycles. The Bertz CT molecular complexity index is 5480. The Morgan fingerprint density at radius 1 is 0.492 bits per heavy atom. The van der Waals surface area contributed by atoms with Gasteiger partial charge in [-0.25, -0.2) is 47.7 Å². The number of aryl methyl sites for hydroxylation is 1. The summed E-state index contributed by atoms with van der Waals surface area (Å²) < 4.78 is 67.5. The number of rotatable bonds is 18. The number of nitrogens with zero attached hydrogens (tertiary/aromatic N) is 14. The number of esters is 2. The van der Waals surface area contributed by atoms with Crippen molar-refractivity contribution in [2.24, 2.45) is 5.73 Å². The fraction of sp³-hybridized carbons (Fsp3) is 0.341. The second kappa shape index (κ2) is 39.3. The monoisotopic (exact) mass is 1690 g/mol. The van der Waals surface area contributed by atoms with E-state index in [4.69, 9.17) is 38.9 Å². The number of carbonyl (C=O) groups is 6. The maximum atomic E-state index is 13.8. The number of carbonyl (C=O) groups excluding carboxylic acids is 6. The molecule has 12 heterocycles. The number of halogens is 3. The Morgan fingerprint density at radius 2 is 0.890 bits per heavy atom. The lowest BCUT2D eigenvalue weighted by atomic mass is 10.1. The van der Waals surface area contributed by atoms with Crippen molar-refractivity contribution >= 4 is 97.1 Å². The van der Waals surface area contributed by atoms with Crippen LogP contribution in [0.4, 0.5) is 51.6 Å². The van der Waals surface area contributed by atoms with E-state index < -0.39 is 40.1 Å². The van der Waals surface area contributed by atoms with Crippen molar-refractivity contribution in [3.8, 4) is 17.2 Å². The van der Waals surface area contributed by atoms with Gasteiger partial charge in [-0.3, -0.25) is 42.2 Å². The summed E-state index contributed by atoms with van der Waals surface area (Å²) in [5, 5.41) is 13.3. The Labute approximate surface area is 683 Å². The fourth-order valence-electron chi connectivity index (χ4n) is 13.3. The molecule has 33 nitrogen and oxygen atoms in total. The molecular formula is C82H89BrF2N16O17. The van der Waals surface area contributed by atoms with E-state index in [0.29, 0.717) is 126 Å². The Hall–Kier alpha value is -12.6. The number of hydrogen-bond acceptors (Lipinski definition) is 24. The molecule has 16 rings (SSSR count). The van der Waals surface area contributed by atoms with Gasteiger partial charge < -0.3 is 78.7 Å². The van der Waals surface area contributed by atoms with Crippen LogP contribution in [0.25, 0.3) is 16.9 Å². The molecule has 6 aliphatic rings. The highest BCUT2D eigenvalue weighted by atomic mass is 79.9. The van der Waals surface area contributed by atoms with Crippen LogP contribution in [-0.4, -0.2) is 237 Å². The van der Waals surface area contributed by atoms with Gasteiger partial charge in [-0.2, -0.15) is 0 Å². The number of fused-ring (bicyclic) bond motifs is 3. The molecule has 4 aromatic carbocycles. The molecule has 0 spiro atoms. The molecule has 36 heteroatoms. The molecule has 0 bridgehead atoms. The van der Waals surface area contributed by atoms with Crippen LogP contribution >= 0.6 is 15.9 Å². The Kier molecular flexibility index (Phi) is 28.2. The summed E-state index contributed by atoms with van der Waals surface area (Å²) in [5.74, 6) is -3.75.